The van der Waals surface area contributed by atoms with Crippen LogP contribution in [0.3, 0.4) is 0 Å². The van der Waals surface area contributed by atoms with Gasteiger partial charge in [0.15, 0.2) is 0 Å². The minimum Gasteiger partial charge on any atom is -0.494 e. The molecule has 0 spiro atoms. The van der Waals surface area contributed by atoms with Gasteiger partial charge in [0, 0.05) is 12.1 Å². The largest absolute Gasteiger partial charge is 0.494 e. The van der Waals surface area contributed by atoms with Crippen molar-refractivity contribution in [2.24, 2.45) is 5.10 Å². The lowest BCUT2D eigenvalue weighted by atomic mass is 10.1. The average Bonchev–Trinajstić information content (AvgIpc) is 3.27. The minimum absolute atomic E-state index is 0.206. The second kappa shape index (κ2) is 10.3. The van der Waals surface area contributed by atoms with Crippen molar-refractivity contribution in [2.75, 3.05) is 11.6 Å². The molecule has 0 atom stereocenters. The summed E-state index contributed by atoms with van der Waals surface area (Å²) in [5.41, 5.74) is 0.863. The lowest BCUT2D eigenvalue weighted by Gasteiger charge is -2.14. The normalized spacial score (nSPS) is 11.1. The van der Waals surface area contributed by atoms with Gasteiger partial charge in [-0.15, -0.1) is 0 Å². The van der Waals surface area contributed by atoms with Crippen LogP contribution in [0.1, 0.15) is 28.4 Å². The van der Waals surface area contributed by atoms with Crippen molar-refractivity contribution in [1.82, 2.24) is 4.98 Å². The molecule has 4 aromatic rings. The zero-order chi connectivity index (χ0) is 25.8. The number of nitro benzene ring substituents is 2. The molecule has 0 N–H and O–H groups in total. The number of anilines is 1. The Bertz CT molecular complexity index is 1470. The molecule has 3 aromatic carbocycles. The highest BCUT2D eigenvalue weighted by molar-refractivity contribution is 7.22. The van der Waals surface area contributed by atoms with E-state index in [1.807, 2.05) is 32.0 Å². The van der Waals surface area contributed by atoms with E-state index < -0.39 is 27.1 Å². The Kier molecular flexibility index (Phi) is 6.97. The van der Waals surface area contributed by atoms with Gasteiger partial charge >= 0.3 is 0 Å². The molecule has 0 bridgehead atoms. The highest BCUT2D eigenvalue weighted by Crippen LogP contribution is 2.32. The Labute approximate surface area is 208 Å². The van der Waals surface area contributed by atoms with E-state index in [9.17, 15) is 25.0 Å². The molecule has 1 amide bonds. The lowest BCUT2D eigenvalue weighted by Crippen LogP contribution is -2.25. The van der Waals surface area contributed by atoms with E-state index in [1.165, 1.54) is 17.6 Å². The number of aromatic nitrogens is 1. The zero-order valence-corrected chi connectivity index (χ0v) is 20.0. The first kappa shape index (κ1) is 24.4. The summed E-state index contributed by atoms with van der Waals surface area (Å²) in [7, 11) is 0. The molecule has 0 aliphatic rings. The molecule has 4 rings (SSSR count). The van der Waals surface area contributed by atoms with Crippen molar-refractivity contribution in [3.63, 3.8) is 0 Å². The van der Waals surface area contributed by atoms with Crippen LogP contribution >= 0.6 is 11.3 Å². The fourth-order valence-corrected chi connectivity index (χ4v) is 4.31. The number of nitro groups is 2. The third kappa shape index (κ3) is 5.33. The number of amides is 1. The van der Waals surface area contributed by atoms with Crippen LogP contribution in [-0.2, 0) is 0 Å². The smallest absolute Gasteiger partial charge is 0.281 e. The van der Waals surface area contributed by atoms with Crippen molar-refractivity contribution < 1.29 is 19.4 Å². The standard InChI is InChI=1S/C24H19N5O6S/c1-3-35-20-7-5-16(6-8-20)14-25-27(24-26-21-9-4-15(2)10-22(21)36-24)23(30)17-11-18(28(31)32)13-19(12-17)29(33)34/h4-14H,3H2,1-2H3/b25-14+. The van der Waals surface area contributed by atoms with Gasteiger partial charge in [-0.2, -0.15) is 10.1 Å². The van der Waals surface area contributed by atoms with Crippen molar-refractivity contribution in [3.05, 3.63) is 97.6 Å². The average molecular weight is 506 g/mol. The third-order valence-electron chi connectivity index (χ3n) is 4.99. The number of benzene rings is 3. The van der Waals surface area contributed by atoms with Gasteiger partial charge in [-0.05, 0) is 61.4 Å². The number of ether oxygens (including phenoxy) is 1. The van der Waals surface area contributed by atoms with Crippen LogP contribution in [-0.4, -0.2) is 33.6 Å². The molecule has 11 nitrogen and oxygen atoms in total. The number of rotatable bonds is 8. The van der Waals surface area contributed by atoms with Crippen LogP contribution in [0.4, 0.5) is 16.5 Å². The van der Waals surface area contributed by atoms with Gasteiger partial charge in [0.2, 0.25) is 5.13 Å². The number of fused-ring (bicyclic) bond motifs is 1. The van der Waals surface area contributed by atoms with Crippen molar-refractivity contribution in [2.45, 2.75) is 13.8 Å². The summed E-state index contributed by atoms with van der Waals surface area (Å²) < 4.78 is 6.24. The number of thiazole rings is 1. The number of hydrogen-bond acceptors (Lipinski definition) is 9. The monoisotopic (exact) mass is 505 g/mol. The molecule has 12 heteroatoms. The second-order valence-electron chi connectivity index (χ2n) is 7.58. The highest BCUT2D eigenvalue weighted by Gasteiger charge is 2.26. The Hall–Kier alpha value is -4.71. The summed E-state index contributed by atoms with van der Waals surface area (Å²) in [5.74, 6) is -0.132. The molecule has 0 unspecified atom stereocenters. The van der Waals surface area contributed by atoms with E-state index in [0.29, 0.717) is 23.4 Å². The Balaban J connectivity index is 1.79. The molecular formula is C24H19N5O6S. The van der Waals surface area contributed by atoms with Gasteiger partial charge in [-0.1, -0.05) is 17.4 Å². The number of hydrazone groups is 1. The molecule has 0 fully saturated rings. The minimum atomic E-state index is -0.806. The third-order valence-corrected chi connectivity index (χ3v) is 5.98. The van der Waals surface area contributed by atoms with Crippen LogP contribution in [0.2, 0.25) is 0 Å². The molecule has 0 saturated carbocycles. The van der Waals surface area contributed by atoms with Gasteiger partial charge < -0.3 is 4.74 Å². The molecule has 0 radical (unpaired) electrons. The van der Waals surface area contributed by atoms with E-state index in [0.717, 1.165) is 33.5 Å². The molecule has 0 saturated heterocycles. The van der Waals surface area contributed by atoms with Crippen LogP contribution in [0, 0.1) is 27.2 Å². The summed E-state index contributed by atoms with van der Waals surface area (Å²) in [5, 5.41) is 28.2. The van der Waals surface area contributed by atoms with Crippen LogP contribution < -0.4 is 9.75 Å². The summed E-state index contributed by atoms with van der Waals surface area (Å²) in [6.45, 7) is 4.31. The number of aryl methyl sites for hydroxylation is 1. The fraction of sp³-hybridized carbons (Fsp3) is 0.125. The van der Waals surface area contributed by atoms with E-state index in [-0.39, 0.29) is 10.7 Å². The van der Waals surface area contributed by atoms with E-state index in [2.05, 4.69) is 10.1 Å². The number of non-ortho nitro benzene ring substituents is 2. The van der Waals surface area contributed by atoms with E-state index in [4.69, 9.17) is 4.74 Å². The SMILES string of the molecule is CCOc1ccc(/C=N/N(C(=O)c2cc([N+](=O)[O-])cc([N+](=O)[O-])c2)c2nc3ccc(C)cc3s2)cc1. The van der Waals surface area contributed by atoms with Crippen LogP contribution in [0.25, 0.3) is 10.2 Å². The number of nitrogens with zero attached hydrogens (tertiary/aromatic N) is 5. The van der Waals surface area contributed by atoms with Crippen LogP contribution in [0.5, 0.6) is 5.75 Å². The first-order valence-electron chi connectivity index (χ1n) is 10.7. The maximum absolute atomic E-state index is 13.5. The molecule has 36 heavy (non-hydrogen) atoms. The van der Waals surface area contributed by atoms with Gasteiger partial charge in [-0.25, -0.2) is 4.98 Å². The quantitative estimate of drug-likeness (QED) is 0.175. The Morgan fingerprint density at radius 3 is 2.33 bits per heavy atom. The van der Waals surface area contributed by atoms with Gasteiger partial charge in [0.05, 0.1) is 44.5 Å². The summed E-state index contributed by atoms with van der Waals surface area (Å²) in [6.07, 6.45) is 1.43. The van der Waals surface area contributed by atoms with Crippen molar-refractivity contribution in [3.8, 4) is 5.75 Å². The molecular weight excluding hydrogens is 486 g/mol. The predicted molar refractivity (Wildman–Crippen MR) is 136 cm³/mol. The first-order valence-corrected chi connectivity index (χ1v) is 11.5. The zero-order valence-electron chi connectivity index (χ0n) is 19.2. The van der Waals surface area contributed by atoms with Gasteiger partial charge in [0.1, 0.15) is 5.75 Å². The van der Waals surface area contributed by atoms with E-state index in [1.54, 1.807) is 24.3 Å². The molecule has 1 heterocycles. The summed E-state index contributed by atoms with van der Waals surface area (Å²) >= 11 is 1.20. The second-order valence-corrected chi connectivity index (χ2v) is 8.59. The first-order chi connectivity index (χ1) is 17.2. The van der Waals surface area contributed by atoms with Crippen molar-refractivity contribution >= 4 is 50.2 Å². The molecule has 0 aliphatic heterocycles. The van der Waals surface area contributed by atoms with Crippen LogP contribution in [0.15, 0.2) is 65.8 Å². The number of carbonyl (C=O) groups excluding carboxylic acids is 1. The highest BCUT2D eigenvalue weighted by atomic mass is 32.1. The summed E-state index contributed by atoms with van der Waals surface area (Å²) in [6, 6.07) is 15.3. The number of carbonyl (C=O) groups is 1. The summed E-state index contributed by atoms with van der Waals surface area (Å²) in [4.78, 5) is 39.1. The van der Waals surface area contributed by atoms with Gasteiger partial charge in [-0.3, -0.25) is 25.0 Å². The topological polar surface area (TPSA) is 141 Å². The van der Waals surface area contributed by atoms with E-state index >= 15 is 0 Å². The lowest BCUT2D eigenvalue weighted by molar-refractivity contribution is -0.394. The Morgan fingerprint density at radius 2 is 1.72 bits per heavy atom. The molecule has 182 valence electrons. The fourth-order valence-electron chi connectivity index (χ4n) is 3.29. The van der Waals surface area contributed by atoms with Gasteiger partial charge in [0.25, 0.3) is 17.3 Å². The Morgan fingerprint density at radius 1 is 1.06 bits per heavy atom. The molecule has 1 aromatic heterocycles. The maximum atomic E-state index is 13.5. The molecule has 0 aliphatic carbocycles. The predicted octanol–water partition coefficient (Wildman–Crippen LogP) is 5.50. The van der Waals surface area contributed by atoms with Crippen molar-refractivity contribution in [1.29, 1.82) is 0 Å². The maximum Gasteiger partial charge on any atom is 0.281 e. The number of hydrogen-bond donors (Lipinski definition) is 0.